The summed E-state index contributed by atoms with van der Waals surface area (Å²) < 4.78 is 0. The second kappa shape index (κ2) is 5.79. The quantitative estimate of drug-likeness (QED) is 0.470. The van der Waals surface area contributed by atoms with Gasteiger partial charge < -0.3 is 0 Å². The first-order valence-corrected chi connectivity index (χ1v) is 5.59. The predicted molar refractivity (Wildman–Crippen MR) is 63.6 cm³/mol. The highest BCUT2D eigenvalue weighted by Crippen LogP contribution is 2.32. The molecule has 1 fully saturated rings. The van der Waals surface area contributed by atoms with Crippen LogP contribution in [-0.2, 0) is 0 Å². The van der Waals surface area contributed by atoms with E-state index in [0.29, 0.717) is 5.92 Å². The third-order valence-corrected chi connectivity index (χ3v) is 2.90. The lowest BCUT2D eigenvalue weighted by atomic mass is 9.82. The van der Waals surface area contributed by atoms with Gasteiger partial charge in [0.1, 0.15) is 0 Å². The number of allylic oxidation sites excluding steroid dienone is 2. The van der Waals surface area contributed by atoms with Crippen molar-refractivity contribution in [1.29, 1.82) is 0 Å². The molecule has 1 aliphatic rings. The summed E-state index contributed by atoms with van der Waals surface area (Å²) in [5.74, 6) is 0.713. The molecule has 0 radical (unpaired) electrons. The van der Waals surface area contributed by atoms with Crippen LogP contribution in [0.3, 0.4) is 0 Å². The minimum Gasteiger partial charge on any atom is -0.269 e. The summed E-state index contributed by atoms with van der Waals surface area (Å²) in [6, 6.07) is 0. The Labute approximate surface area is 87.6 Å². The van der Waals surface area contributed by atoms with Gasteiger partial charge in [0.05, 0.1) is 0 Å². The van der Waals surface area contributed by atoms with Crippen LogP contribution in [0.25, 0.3) is 0 Å². The first-order chi connectivity index (χ1) is 6.75. The summed E-state index contributed by atoms with van der Waals surface area (Å²) in [6.45, 7) is 8.08. The molecule has 0 saturated heterocycles. The monoisotopic (exact) mass is 191 g/mol. The van der Waals surface area contributed by atoms with Gasteiger partial charge in [-0.05, 0) is 38.2 Å². The van der Waals surface area contributed by atoms with Crippen molar-refractivity contribution in [2.24, 2.45) is 10.9 Å². The highest BCUT2D eigenvalue weighted by Gasteiger charge is 2.17. The van der Waals surface area contributed by atoms with E-state index in [-0.39, 0.29) is 0 Å². The van der Waals surface area contributed by atoms with Gasteiger partial charge in [0.15, 0.2) is 0 Å². The third-order valence-electron chi connectivity index (χ3n) is 2.90. The third kappa shape index (κ3) is 3.13. The van der Waals surface area contributed by atoms with E-state index in [2.05, 4.69) is 18.5 Å². The van der Waals surface area contributed by atoms with Crippen molar-refractivity contribution < 1.29 is 0 Å². The Balaban J connectivity index is 2.70. The molecule has 1 saturated carbocycles. The van der Waals surface area contributed by atoms with E-state index in [0.717, 1.165) is 0 Å². The van der Waals surface area contributed by atoms with Crippen molar-refractivity contribution in [3.8, 4) is 0 Å². The zero-order chi connectivity index (χ0) is 10.4. The van der Waals surface area contributed by atoms with Crippen molar-refractivity contribution >= 4 is 6.21 Å². The van der Waals surface area contributed by atoms with Gasteiger partial charge in [-0.1, -0.05) is 31.4 Å². The van der Waals surface area contributed by atoms with Gasteiger partial charge in [-0.2, -0.15) is 0 Å². The minimum absolute atomic E-state index is 0.713. The molecule has 0 aromatic rings. The van der Waals surface area contributed by atoms with E-state index in [1.807, 2.05) is 19.3 Å². The molecule has 0 amide bonds. The summed E-state index contributed by atoms with van der Waals surface area (Å²) >= 11 is 0. The molecule has 0 aliphatic heterocycles. The van der Waals surface area contributed by atoms with E-state index in [4.69, 9.17) is 0 Å². The molecular formula is C13H21N. The molecule has 0 N–H and O–H groups in total. The van der Waals surface area contributed by atoms with Gasteiger partial charge in [0, 0.05) is 12.4 Å². The van der Waals surface area contributed by atoms with Gasteiger partial charge in [-0.15, -0.1) is 0 Å². The normalized spacial score (nSPS) is 20.3. The Hall–Kier alpha value is -0.850. The second-order valence-corrected chi connectivity index (χ2v) is 4.11. The molecule has 0 aromatic heterocycles. The fourth-order valence-corrected chi connectivity index (χ4v) is 2.13. The summed E-state index contributed by atoms with van der Waals surface area (Å²) in [4.78, 5) is 4.22. The topological polar surface area (TPSA) is 12.4 Å². The molecule has 0 atom stereocenters. The van der Waals surface area contributed by atoms with Crippen LogP contribution in [0.2, 0.25) is 0 Å². The number of hydrogen-bond donors (Lipinski definition) is 0. The minimum atomic E-state index is 0.713. The fraction of sp³-hybridized carbons (Fsp3) is 0.615. The zero-order valence-electron chi connectivity index (χ0n) is 9.42. The molecule has 14 heavy (non-hydrogen) atoms. The number of hydrogen-bond acceptors (Lipinski definition) is 1. The van der Waals surface area contributed by atoms with Crippen LogP contribution in [0.1, 0.15) is 46.0 Å². The maximum Gasteiger partial charge on any atom is 0.0301 e. The van der Waals surface area contributed by atoms with Crippen LogP contribution < -0.4 is 0 Å². The van der Waals surface area contributed by atoms with Crippen LogP contribution in [0.15, 0.2) is 28.9 Å². The Bertz CT molecular complexity index is 242. The van der Waals surface area contributed by atoms with Crippen molar-refractivity contribution in [3.05, 3.63) is 23.9 Å². The van der Waals surface area contributed by atoms with E-state index in [9.17, 15) is 0 Å². The predicted octanol–water partition coefficient (Wildman–Crippen LogP) is 4.12. The van der Waals surface area contributed by atoms with Crippen molar-refractivity contribution in [3.63, 3.8) is 0 Å². The van der Waals surface area contributed by atoms with Crippen LogP contribution in [0.5, 0.6) is 0 Å². The lowest BCUT2D eigenvalue weighted by Crippen LogP contribution is -2.09. The van der Waals surface area contributed by atoms with Crippen molar-refractivity contribution in [1.82, 2.24) is 0 Å². The number of aliphatic imine (C=N–C) groups is 1. The highest BCUT2D eigenvalue weighted by molar-refractivity contribution is 5.54. The maximum absolute atomic E-state index is 4.22. The van der Waals surface area contributed by atoms with E-state index in [1.54, 1.807) is 0 Å². The summed E-state index contributed by atoms with van der Waals surface area (Å²) in [5, 5.41) is 0. The van der Waals surface area contributed by atoms with E-state index < -0.39 is 0 Å². The van der Waals surface area contributed by atoms with Crippen LogP contribution >= 0.6 is 0 Å². The smallest absolute Gasteiger partial charge is 0.0301 e. The molecule has 1 heteroatoms. The van der Waals surface area contributed by atoms with Gasteiger partial charge in [-0.3, -0.25) is 4.99 Å². The fourth-order valence-electron chi connectivity index (χ4n) is 2.13. The van der Waals surface area contributed by atoms with E-state index in [1.165, 1.54) is 43.3 Å². The highest BCUT2D eigenvalue weighted by atomic mass is 14.7. The average molecular weight is 191 g/mol. The Morgan fingerprint density at radius 2 is 1.93 bits per heavy atom. The molecule has 0 bridgehead atoms. The standard InChI is InChI=1S/C13H21N/c1-4-14-10-13(11(2)3)12-8-6-5-7-9-12/h4,10,12H,2,5-9H2,1,3H3/b13-10+,14-4?. The van der Waals surface area contributed by atoms with Crippen LogP contribution in [0, 0.1) is 5.92 Å². The molecule has 78 valence electrons. The zero-order valence-corrected chi connectivity index (χ0v) is 9.42. The SMILES string of the molecule is C=C(C)/C(=C\N=CC)C1CCCCC1. The average Bonchev–Trinajstić information content (AvgIpc) is 2.19. The number of rotatable bonds is 3. The van der Waals surface area contributed by atoms with Gasteiger partial charge in [0.25, 0.3) is 0 Å². The Morgan fingerprint density at radius 3 is 2.43 bits per heavy atom. The maximum atomic E-state index is 4.22. The molecule has 0 unspecified atom stereocenters. The number of nitrogens with zero attached hydrogens (tertiary/aromatic N) is 1. The van der Waals surface area contributed by atoms with Crippen molar-refractivity contribution in [2.75, 3.05) is 0 Å². The first kappa shape index (κ1) is 11.2. The Kier molecular flexibility index (Phi) is 4.64. The lowest BCUT2D eigenvalue weighted by molar-refractivity contribution is 0.405. The first-order valence-electron chi connectivity index (χ1n) is 5.59. The largest absolute Gasteiger partial charge is 0.269 e. The lowest BCUT2D eigenvalue weighted by Gasteiger charge is -2.24. The van der Waals surface area contributed by atoms with Crippen molar-refractivity contribution in [2.45, 2.75) is 46.0 Å². The molecule has 1 aliphatic carbocycles. The molecule has 0 aromatic carbocycles. The van der Waals surface area contributed by atoms with Gasteiger partial charge in [-0.25, -0.2) is 0 Å². The molecular weight excluding hydrogens is 170 g/mol. The van der Waals surface area contributed by atoms with Gasteiger partial charge >= 0.3 is 0 Å². The molecule has 1 rings (SSSR count). The Morgan fingerprint density at radius 1 is 1.29 bits per heavy atom. The van der Waals surface area contributed by atoms with Gasteiger partial charge in [0.2, 0.25) is 0 Å². The summed E-state index contributed by atoms with van der Waals surface area (Å²) in [5.41, 5.74) is 2.55. The summed E-state index contributed by atoms with van der Waals surface area (Å²) in [6.07, 6.45) is 10.6. The van der Waals surface area contributed by atoms with Crippen LogP contribution in [0.4, 0.5) is 0 Å². The van der Waals surface area contributed by atoms with Crippen LogP contribution in [-0.4, -0.2) is 6.21 Å². The second-order valence-electron chi connectivity index (χ2n) is 4.11. The molecule has 0 spiro atoms. The van der Waals surface area contributed by atoms with E-state index >= 15 is 0 Å². The summed E-state index contributed by atoms with van der Waals surface area (Å²) in [7, 11) is 0. The molecule has 1 nitrogen and oxygen atoms in total. The molecule has 0 heterocycles.